The number of fused-ring (bicyclic) bond motifs is 6. The van der Waals surface area contributed by atoms with Crippen LogP contribution in [-0.4, -0.2) is 0 Å². The van der Waals surface area contributed by atoms with Gasteiger partial charge in [0.2, 0.25) is 0 Å². The van der Waals surface area contributed by atoms with E-state index < -0.39 is 0 Å². The average Bonchev–Trinajstić information content (AvgIpc) is 3.73. The summed E-state index contributed by atoms with van der Waals surface area (Å²) >= 11 is 1.87. The SMILES string of the molecule is C/C=C/c1cc(C)c(C)cc1C.Cc1cc(C)c(C)cc1C.Cc1cc(C)c(C)s1.Cc1ccc2c(c1)C(C)(C)c1c[c-]ccc1-2.Cc1ccc2c(c1)C(C)(C)c1cc(C)ccc1-2.[CH3-].[V+2]. The van der Waals surface area contributed by atoms with Crippen molar-refractivity contribution < 1.29 is 18.6 Å². The molecule has 7 aromatic rings. The maximum Gasteiger partial charge on any atom is 2.00 e. The van der Waals surface area contributed by atoms with Gasteiger partial charge in [-0.15, -0.1) is 22.5 Å². The summed E-state index contributed by atoms with van der Waals surface area (Å²) in [5.74, 6) is 0. The van der Waals surface area contributed by atoms with Gasteiger partial charge in [-0.1, -0.05) is 135 Å². The van der Waals surface area contributed by atoms with Gasteiger partial charge in [0.25, 0.3) is 0 Å². The van der Waals surface area contributed by atoms with E-state index in [4.69, 9.17) is 0 Å². The Labute approximate surface area is 412 Å². The van der Waals surface area contributed by atoms with E-state index in [0.29, 0.717) is 0 Å². The Morgan fingerprint density at radius 3 is 1.15 bits per heavy atom. The number of allylic oxidation sites excluding steroid dienone is 1. The second-order valence-corrected chi connectivity index (χ2v) is 20.7. The molecule has 65 heavy (non-hydrogen) atoms. The predicted octanol–water partition coefficient (Wildman–Crippen LogP) is 18.4. The largest absolute Gasteiger partial charge is 2.00 e. The number of benzene rings is 6. The number of rotatable bonds is 1. The Morgan fingerprint density at radius 1 is 0.431 bits per heavy atom. The molecule has 0 amide bonds. The summed E-state index contributed by atoms with van der Waals surface area (Å²) in [6, 6.07) is 41.1. The molecular weight excluding hydrogens is 840 g/mol. The molecule has 1 heterocycles. The Kier molecular flexibility index (Phi) is 19.1. The van der Waals surface area contributed by atoms with E-state index in [2.05, 4.69) is 240 Å². The van der Waals surface area contributed by atoms with Crippen molar-refractivity contribution in [1.29, 1.82) is 0 Å². The quantitative estimate of drug-likeness (QED) is 0.144. The molecule has 0 atom stereocenters. The molecule has 6 aromatic carbocycles. The minimum Gasteiger partial charge on any atom is -0.358 e. The Balaban J connectivity index is 0.000000220. The first kappa shape index (κ1) is 54.7. The van der Waals surface area contributed by atoms with Crippen molar-refractivity contribution in [2.75, 3.05) is 0 Å². The van der Waals surface area contributed by atoms with Crippen molar-refractivity contribution in [3.63, 3.8) is 0 Å². The van der Waals surface area contributed by atoms with Gasteiger partial charge in [0.1, 0.15) is 0 Å². The average molecular weight is 916 g/mol. The number of hydrogen-bond donors (Lipinski definition) is 0. The fourth-order valence-electron chi connectivity index (χ4n) is 8.91. The first-order valence-corrected chi connectivity index (χ1v) is 23.5. The second kappa shape index (κ2) is 22.7. The van der Waals surface area contributed by atoms with Crippen molar-refractivity contribution in [2.24, 2.45) is 0 Å². The molecule has 2 aliphatic rings. The smallest absolute Gasteiger partial charge is 0.358 e. The molecule has 0 bridgehead atoms. The molecule has 0 saturated carbocycles. The summed E-state index contributed by atoms with van der Waals surface area (Å²) in [7, 11) is 0. The topological polar surface area (TPSA) is 0 Å². The van der Waals surface area contributed by atoms with Gasteiger partial charge >= 0.3 is 18.6 Å². The van der Waals surface area contributed by atoms with Crippen LogP contribution in [-0.2, 0) is 29.4 Å². The van der Waals surface area contributed by atoms with Gasteiger partial charge in [-0.2, -0.15) is 24.3 Å². The molecular formula is C63H76SV. The summed E-state index contributed by atoms with van der Waals surface area (Å²) in [4.78, 5) is 2.86. The fraction of sp³-hybridized carbons (Fsp3) is 0.317. The van der Waals surface area contributed by atoms with Gasteiger partial charge in [-0.05, 0) is 192 Å². The summed E-state index contributed by atoms with van der Waals surface area (Å²) in [5, 5.41) is 0. The van der Waals surface area contributed by atoms with Crippen molar-refractivity contribution in [3.8, 4) is 22.3 Å². The van der Waals surface area contributed by atoms with Gasteiger partial charge in [0.15, 0.2) is 0 Å². The van der Waals surface area contributed by atoms with Crippen LogP contribution in [0, 0.1) is 104 Å². The summed E-state index contributed by atoms with van der Waals surface area (Å²) in [5.41, 5.74) is 28.1. The van der Waals surface area contributed by atoms with E-state index >= 15 is 0 Å². The van der Waals surface area contributed by atoms with Gasteiger partial charge in [0.05, 0.1) is 0 Å². The number of aryl methyl sites for hydroxylation is 13. The molecule has 339 valence electrons. The van der Waals surface area contributed by atoms with Crippen LogP contribution in [0.1, 0.15) is 133 Å². The third kappa shape index (κ3) is 12.6. The van der Waals surface area contributed by atoms with Crippen molar-refractivity contribution in [1.82, 2.24) is 0 Å². The predicted molar refractivity (Wildman–Crippen MR) is 287 cm³/mol. The van der Waals surface area contributed by atoms with Crippen LogP contribution >= 0.6 is 11.3 Å². The molecule has 0 spiro atoms. The van der Waals surface area contributed by atoms with Crippen LogP contribution in [0.15, 0.2) is 109 Å². The first-order chi connectivity index (χ1) is 29.6. The van der Waals surface area contributed by atoms with Crippen molar-refractivity contribution in [3.05, 3.63) is 221 Å². The Bertz CT molecular complexity index is 2640. The zero-order valence-corrected chi connectivity index (χ0v) is 45.5. The van der Waals surface area contributed by atoms with Crippen LogP contribution in [0.2, 0.25) is 0 Å². The van der Waals surface area contributed by atoms with Crippen LogP contribution < -0.4 is 0 Å². The van der Waals surface area contributed by atoms with Crippen molar-refractivity contribution >= 4 is 17.4 Å². The maximum atomic E-state index is 3.20. The van der Waals surface area contributed by atoms with Gasteiger partial charge in [0, 0.05) is 15.2 Å². The summed E-state index contributed by atoms with van der Waals surface area (Å²) in [6.45, 7) is 39.3. The molecule has 9 rings (SSSR count). The number of thiophene rings is 1. The Hall–Kier alpha value is -4.66. The van der Waals surface area contributed by atoms with Crippen LogP contribution in [0.25, 0.3) is 28.3 Å². The zero-order chi connectivity index (χ0) is 46.6. The molecule has 1 aromatic heterocycles. The van der Waals surface area contributed by atoms with E-state index in [9.17, 15) is 0 Å². The van der Waals surface area contributed by atoms with Gasteiger partial charge in [-0.3, -0.25) is 0 Å². The normalized spacial score (nSPS) is 12.7. The maximum absolute atomic E-state index is 3.20. The van der Waals surface area contributed by atoms with Crippen LogP contribution in [0.4, 0.5) is 0 Å². The summed E-state index contributed by atoms with van der Waals surface area (Å²) in [6.07, 6.45) is 4.23. The van der Waals surface area contributed by atoms with E-state index in [1.54, 1.807) is 0 Å². The molecule has 0 fully saturated rings. The minimum atomic E-state index is 0. The molecule has 1 radical (unpaired) electrons. The Morgan fingerprint density at radius 2 is 0.800 bits per heavy atom. The first-order valence-electron chi connectivity index (χ1n) is 22.7. The van der Waals surface area contributed by atoms with Crippen LogP contribution in [0.5, 0.6) is 0 Å². The zero-order valence-electron chi connectivity index (χ0n) is 43.3. The number of hydrogen-bond acceptors (Lipinski definition) is 1. The molecule has 0 aliphatic heterocycles. The van der Waals surface area contributed by atoms with E-state index in [0.717, 1.165) is 0 Å². The molecule has 0 unspecified atom stereocenters. The van der Waals surface area contributed by atoms with Gasteiger partial charge < -0.3 is 7.43 Å². The molecule has 0 N–H and O–H groups in total. The molecule has 0 nitrogen and oxygen atoms in total. The van der Waals surface area contributed by atoms with E-state index in [-0.39, 0.29) is 36.8 Å². The third-order valence-corrected chi connectivity index (χ3v) is 14.4. The van der Waals surface area contributed by atoms with Crippen molar-refractivity contribution in [2.45, 2.75) is 135 Å². The molecule has 0 saturated heterocycles. The summed E-state index contributed by atoms with van der Waals surface area (Å²) < 4.78 is 0. The molecule has 2 aliphatic carbocycles. The van der Waals surface area contributed by atoms with Crippen LogP contribution in [0.3, 0.4) is 0 Å². The third-order valence-electron chi connectivity index (χ3n) is 13.3. The second-order valence-electron chi connectivity index (χ2n) is 19.3. The standard InChI is InChI=1S/C17H18.C16H15.C12H16.C10H14.C7H10S.CH3.V/c1-11-5-7-13-14-8-6-12(2)10-16(14)17(3,4)15(13)9-11;1-11-8-9-13-12-6-4-5-7-14(12)16(2,3)15(13)10-11;1-5-6-12-8-10(3)9(2)7-11(12)4;1-7-5-9(3)10(4)6-8(7)2;1-5-4-6(2)8-7(5)3;;/h5-10H,1-4H3;4,6-10H,1-3H3;5-8H,1-4H3;5-6H,1-4H3;4H,1-3H3;1H3;/q;-1;;;;-1;+2/b;;6-5+;;;;. The minimum absolute atomic E-state index is 0. The van der Waals surface area contributed by atoms with E-state index in [1.807, 2.05) is 17.4 Å². The molecule has 2 heteroatoms. The monoisotopic (exact) mass is 916 g/mol. The fourth-order valence-corrected chi connectivity index (χ4v) is 9.85. The van der Waals surface area contributed by atoms with Gasteiger partial charge in [-0.25, -0.2) is 0 Å². The van der Waals surface area contributed by atoms with E-state index in [1.165, 1.54) is 121 Å².